The van der Waals surface area contributed by atoms with Crippen molar-refractivity contribution in [2.45, 2.75) is 46.8 Å². The average Bonchev–Trinajstić information content (AvgIpc) is 3.28. The molecule has 4 aromatic rings. The van der Waals surface area contributed by atoms with Gasteiger partial charge in [-0.2, -0.15) is 4.80 Å². The first-order valence-electron chi connectivity index (χ1n) is 10.9. The van der Waals surface area contributed by atoms with Gasteiger partial charge in [-0.1, -0.05) is 63.2 Å². The molecule has 0 N–H and O–H groups in total. The standard InChI is InChI=1S/C26H29N5O/c1-5-31-29-25(28-30-31)21-11-9-19(10-12-21)24(26(2,3)4)20-13-15-23(16-14-20)32-18-22-8-6-7-17-27-22/h6-17,24H,5,18H2,1-4H3. The zero-order chi connectivity index (χ0) is 22.6. The second-order valence-electron chi connectivity index (χ2n) is 8.90. The van der Waals surface area contributed by atoms with E-state index in [0.717, 1.165) is 17.0 Å². The molecule has 2 aromatic heterocycles. The molecular formula is C26H29N5O. The van der Waals surface area contributed by atoms with E-state index >= 15 is 0 Å². The van der Waals surface area contributed by atoms with E-state index in [1.165, 1.54) is 11.1 Å². The van der Waals surface area contributed by atoms with Gasteiger partial charge in [0.05, 0.1) is 12.2 Å². The summed E-state index contributed by atoms with van der Waals surface area (Å²) in [5.41, 5.74) is 4.44. The van der Waals surface area contributed by atoms with Gasteiger partial charge in [-0.25, -0.2) is 0 Å². The van der Waals surface area contributed by atoms with Gasteiger partial charge >= 0.3 is 0 Å². The van der Waals surface area contributed by atoms with E-state index in [1.807, 2.05) is 37.3 Å². The minimum atomic E-state index is 0.0431. The summed E-state index contributed by atoms with van der Waals surface area (Å²) in [6.45, 7) is 9.97. The summed E-state index contributed by atoms with van der Waals surface area (Å²) >= 11 is 0. The SMILES string of the molecule is CCn1nnc(-c2ccc(C(c3ccc(OCc4ccccn4)cc3)C(C)(C)C)cc2)n1. The van der Waals surface area contributed by atoms with E-state index in [4.69, 9.17) is 4.74 Å². The van der Waals surface area contributed by atoms with Gasteiger partial charge in [-0.05, 0) is 52.9 Å². The second-order valence-corrected chi connectivity index (χ2v) is 8.90. The summed E-state index contributed by atoms with van der Waals surface area (Å²) in [5.74, 6) is 1.73. The second kappa shape index (κ2) is 9.30. The van der Waals surface area contributed by atoms with Crippen molar-refractivity contribution in [3.05, 3.63) is 89.7 Å². The molecule has 0 saturated carbocycles. The summed E-state index contributed by atoms with van der Waals surface area (Å²) in [5, 5.41) is 12.6. The number of pyridine rings is 1. The van der Waals surface area contributed by atoms with Gasteiger partial charge in [0, 0.05) is 17.7 Å². The van der Waals surface area contributed by atoms with Crippen LogP contribution in [-0.4, -0.2) is 25.2 Å². The molecule has 164 valence electrons. The Morgan fingerprint density at radius 2 is 1.59 bits per heavy atom. The Hall–Kier alpha value is -3.54. The van der Waals surface area contributed by atoms with Crippen LogP contribution >= 0.6 is 0 Å². The van der Waals surface area contributed by atoms with Crippen molar-refractivity contribution in [3.8, 4) is 17.1 Å². The van der Waals surface area contributed by atoms with Crippen LogP contribution in [0, 0.1) is 5.41 Å². The van der Waals surface area contributed by atoms with Crippen LogP contribution in [0.15, 0.2) is 72.9 Å². The van der Waals surface area contributed by atoms with Crippen LogP contribution < -0.4 is 4.74 Å². The topological polar surface area (TPSA) is 65.7 Å². The molecule has 0 bridgehead atoms. The van der Waals surface area contributed by atoms with E-state index in [0.29, 0.717) is 19.0 Å². The smallest absolute Gasteiger partial charge is 0.204 e. The molecule has 2 heterocycles. The van der Waals surface area contributed by atoms with Crippen LogP contribution in [-0.2, 0) is 13.2 Å². The van der Waals surface area contributed by atoms with Gasteiger partial charge in [0.2, 0.25) is 5.82 Å². The van der Waals surface area contributed by atoms with Crippen LogP contribution in [0.4, 0.5) is 0 Å². The van der Waals surface area contributed by atoms with E-state index in [-0.39, 0.29) is 11.3 Å². The minimum absolute atomic E-state index is 0.0431. The number of tetrazole rings is 1. The Morgan fingerprint density at radius 3 is 2.16 bits per heavy atom. The molecule has 0 fully saturated rings. The molecule has 0 spiro atoms. The Morgan fingerprint density at radius 1 is 0.906 bits per heavy atom. The maximum Gasteiger partial charge on any atom is 0.204 e. The van der Waals surface area contributed by atoms with Crippen LogP contribution in [0.1, 0.15) is 50.4 Å². The fourth-order valence-corrected chi connectivity index (χ4v) is 3.91. The van der Waals surface area contributed by atoms with Gasteiger partial charge in [-0.3, -0.25) is 4.98 Å². The number of aromatic nitrogens is 5. The molecule has 0 radical (unpaired) electrons. The van der Waals surface area contributed by atoms with Crippen molar-refractivity contribution in [2.75, 3.05) is 0 Å². The first-order chi connectivity index (χ1) is 15.4. The number of hydrogen-bond acceptors (Lipinski definition) is 5. The van der Waals surface area contributed by atoms with Crippen LogP contribution in [0.2, 0.25) is 0 Å². The zero-order valence-electron chi connectivity index (χ0n) is 19.1. The van der Waals surface area contributed by atoms with Crippen molar-refractivity contribution in [1.29, 1.82) is 0 Å². The number of aryl methyl sites for hydroxylation is 1. The first-order valence-corrected chi connectivity index (χ1v) is 10.9. The molecule has 0 aliphatic carbocycles. The van der Waals surface area contributed by atoms with Gasteiger partial charge < -0.3 is 4.74 Å². The maximum atomic E-state index is 5.91. The van der Waals surface area contributed by atoms with Gasteiger partial charge in [0.15, 0.2) is 0 Å². The van der Waals surface area contributed by atoms with Crippen molar-refractivity contribution < 1.29 is 4.74 Å². The van der Waals surface area contributed by atoms with Gasteiger partial charge in [0.1, 0.15) is 12.4 Å². The predicted molar refractivity (Wildman–Crippen MR) is 125 cm³/mol. The number of benzene rings is 2. The molecule has 0 saturated heterocycles. The predicted octanol–water partition coefficient (Wildman–Crippen LogP) is 5.51. The molecule has 0 aliphatic rings. The Labute approximate surface area is 189 Å². The summed E-state index contributed by atoms with van der Waals surface area (Å²) in [6, 6.07) is 22.7. The maximum absolute atomic E-state index is 5.91. The minimum Gasteiger partial charge on any atom is -0.487 e. The lowest BCUT2D eigenvalue weighted by Crippen LogP contribution is -2.19. The van der Waals surface area contributed by atoms with E-state index in [9.17, 15) is 0 Å². The molecule has 0 aliphatic heterocycles. The molecule has 1 atom stereocenters. The van der Waals surface area contributed by atoms with E-state index in [2.05, 4.69) is 77.6 Å². The molecule has 1 unspecified atom stereocenters. The molecular weight excluding hydrogens is 398 g/mol. The molecule has 6 heteroatoms. The van der Waals surface area contributed by atoms with Crippen molar-refractivity contribution >= 4 is 0 Å². The zero-order valence-corrected chi connectivity index (χ0v) is 19.1. The number of ether oxygens (including phenoxy) is 1. The number of rotatable bonds is 7. The highest BCUT2D eigenvalue weighted by molar-refractivity contribution is 5.55. The quantitative estimate of drug-likeness (QED) is 0.389. The largest absolute Gasteiger partial charge is 0.487 e. The fourth-order valence-electron chi connectivity index (χ4n) is 3.91. The Kier molecular flexibility index (Phi) is 6.30. The monoisotopic (exact) mass is 427 g/mol. The fraction of sp³-hybridized carbons (Fsp3) is 0.308. The lowest BCUT2D eigenvalue weighted by Gasteiger charge is -2.32. The lowest BCUT2D eigenvalue weighted by molar-refractivity contribution is 0.301. The summed E-state index contributed by atoms with van der Waals surface area (Å²) in [7, 11) is 0. The van der Waals surface area contributed by atoms with Crippen molar-refractivity contribution in [1.82, 2.24) is 25.2 Å². The summed E-state index contributed by atoms with van der Waals surface area (Å²) < 4.78 is 5.91. The van der Waals surface area contributed by atoms with Gasteiger partial charge in [-0.15, -0.1) is 10.2 Å². The number of nitrogens with zero attached hydrogens (tertiary/aromatic N) is 5. The normalized spacial score (nSPS) is 12.5. The van der Waals surface area contributed by atoms with Gasteiger partial charge in [0.25, 0.3) is 0 Å². The summed E-state index contributed by atoms with van der Waals surface area (Å²) in [6.07, 6.45) is 1.78. The third-order valence-electron chi connectivity index (χ3n) is 5.43. The highest BCUT2D eigenvalue weighted by Crippen LogP contribution is 2.41. The van der Waals surface area contributed by atoms with Crippen LogP contribution in [0.3, 0.4) is 0 Å². The molecule has 32 heavy (non-hydrogen) atoms. The number of hydrogen-bond donors (Lipinski definition) is 0. The summed E-state index contributed by atoms with van der Waals surface area (Å²) in [4.78, 5) is 5.90. The lowest BCUT2D eigenvalue weighted by atomic mass is 9.72. The average molecular weight is 428 g/mol. The van der Waals surface area contributed by atoms with E-state index < -0.39 is 0 Å². The molecule has 6 nitrogen and oxygen atoms in total. The van der Waals surface area contributed by atoms with Crippen LogP contribution in [0.25, 0.3) is 11.4 Å². The van der Waals surface area contributed by atoms with E-state index in [1.54, 1.807) is 11.0 Å². The molecule has 0 amide bonds. The third kappa shape index (κ3) is 5.02. The van der Waals surface area contributed by atoms with Crippen LogP contribution in [0.5, 0.6) is 5.75 Å². The first kappa shape index (κ1) is 21.7. The molecule has 2 aromatic carbocycles. The Bertz CT molecular complexity index is 1130. The highest BCUT2D eigenvalue weighted by Gasteiger charge is 2.28. The highest BCUT2D eigenvalue weighted by atomic mass is 16.5. The van der Waals surface area contributed by atoms with Crippen molar-refractivity contribution in [3.63, 3.8) is 0 Å². The third-order valence-corrected chi connectivity index (χ3v) is 5.43. The van der Waals surface area contributed by atoms with Crippen molar-refractivity contribution in [2.24, 2.45) is 5.41 Å². The molecule has 4 rings (SSSR count). The Balaban J connectivity index is 1.53.